The number of carbonyl (C=O) groups excluding carboxylic acids is 1. The Kier molecular flexibility index (Phi) is 394. The molecule has 0 rings (SSSR count). The first-order valence-electron chi connectivity index (χ1n) is 0.901. The fourth-order valence-corrected chi connectivity index (χ4v) is 0. The van der Waals surface area contributed by atoms with Gasteiger partial charge in [-0.15, -0.1) is 0 Å². The Morgan fingerprint density at radius 1 is 1.44 bits per heavy atom. The molecule has 2 nitrogen and oxygen atoms in total. The van der Waals surface area contributed by atoms with Crippen LogP contribution in [0.4, 0.5) is 0 Å². The van der Waals surface area contributed by atoms with Crippen LogP contribution in [-0.2, 0) is 43.6 Å². The summed E-state index contributed by atoms with van der Waals surface area (Å²) in [7, 11) is 0. The van der Waals surface area contributed by atoms with Gasteiger partial charge in [-0.25, -0.2) is 12.7 Å². The predicted octanol–water partition coefficient (Wildman–Crippen LogP) is -0.292. The van der Waals surface area contributed by atoms with Gasteiger partial charge < -0.3 is 10.3 Å². The molecule has 0 fully saturated rings. The van der Waals surface area contributed by atoms with Crippen LogP contribution in [0.25, 0.3) is 0 Å². The van der Waals surface area contributed by atoms with E-state index in [1.54, 1.807) is 0 Å². The molecule has 2 N–H and O–H groups in total. The van der Waals surface area contributed by atoms with Crippen LogP contribution in [0, 0.1) is 0 Å². The molecule has 0 atom stereocenters. The van der Waals surface area contributed by atoms with Crippen molar-refractivity contribution in [3.05, 3.63) is 12.7 Å². The van der Waals surface area contributed by atoms with Gasteiger partial charge in [0.05, 0.1) is 0 Å². The molecular formula is C4H9FeO2SiTi-. The molecule has 0 aliphatic carbocycles. The Hall–Kier alpha value is 0.821. The van der Waals surface area contributed by atoms with Gasteiger partial charge in [0.15, 0.2) is 0 Å². The van der Waals surface area contributed by atoms with Crippen LogP contribution >= 0.6 is 0 Å². The topological polar surface area (TPSA) is 48.6 Å². The van der Waals surface area contributed by atoms with E-state index in [2.05, 4.69) is 6.58 Å². The largest absolute Gasteiger partial charge is 0.419 e. The summed E-state index contributed by atoms with van der Waals surface area (Å²) < 4.78 is 0. The molecule has 0 aliphatic rings. The van der Waals surface area contributed by atoms with Gasteiger partial charge in [-0.05, 0) is 6.29 Å². The molecule has 0 spiro atoms. The fraction of sp³-hybridized carbons (Fsp3) is 0.250. The molecule has 54 valence electrons. The van der Waals surface area contributed by atoms with Crippen molar-refractivity contribution < 1.29 is 49.1 Å². The van der Waals surface area contributed by atoms with Crippen molar-refractivity contribution >= 4 is 17.3 Å². The molecule has 0 bridgehead atoms. The smallest absolute Gasteiger partial charge is 0 e. The average Bonchev–Trinajstić information content (AvgIpc) is 1.37. The molecule has 9 heavy (non-hydrogen) atoms. The van der Waals surface area contributed by atoms with Crippen molar-refractivity contribution in [1.29, 1.82) is 0 Å². The van der Waals surface area contributed by atoms with Crippen LogP contribution in [0.1, 0.15) is 7.43 Å². The van der Waals surface area contributed by atoms with E-state index in [1.165, 1.54) is 6.29 Å². The maximum absolute atomic E-state index is 8.93. The molecule has 0 aromatic carbocycles. The number of rotatable bonds is 1. The van der Waals surface area contributed by atoms with E-state index in [0.29, 0.717) is 0 Å². The Morgan fingerprint density at radius 2 is 1.56 bits per heavy atom. The van der Waals surface area contributed by atoms with Crippen molar-refractivity contribution in [3.63, 3.8) is 0 Å². The summed E-state index contributed by atoms with van der Waals surface area (Å²) in [5, 5.41) is 0. The van der Waals surface area contributed by atoms with Gasteiger partial charge in [0, 0.05) is 49.8 Å². The summed E-state index contributed by atoms with van der Waals surface area (Å²) in [6, 6.07) is 0. The Balaban J connectivity index is -0.00000000450. The van der Waals surface area contributed by atoms with E-state index in [-0.39, 0.29) is 62.7 Å². The first-order chi connectivity index (χ1) is 1.91. The molecule has 0 amide bonds. The first-order valence-corrected chi connectivity index (χ1v) is 0.901. The van der Waals surface area contributed by atoms with Crippen LogP contribution in [0.3, 0.4) is 0 Å². The summed E-state index contributed by atoms with van der Waals surface area (Å²) in [6.45, 7) is 3.06. The summed E-state index contributed by atoms with van der Waals surface area (Å²) in [5.74, 6) is 0. The van der Waals surface area contributed by atoms with Crippen molar-refractivity contribution in [2.75, 3.05) is 0 Å². The normalized spacial score (nSPS) is 2.22. The maximum atomic E-state index is 8.93. The standard InChI is InChI=1S/C3H3O.CH4.Fe.H2O.Si.Ti/c1-2-3-4;;;;;/h2H,1H2;1H4;;1H2;;/q-1;;;;;. The van der Waals surface area contributed by atoms with Crippen LogP contribution in [0.2, 0.25) is 0 Å². The molecule has 0 saturated carbocycles. The molecule has 0 saturated heterocycles. The molecule has 4 radical (unpaired) electrons. The van der Waals surface area contributed by atoms with Gasteiger partial charge in [-0.2, -0.15) is 0 Å². The second-order valence-electron chi connectivity index (χ2n) is 0.322. The number of hydrogen-bond donors (Lipinski definition) is 0. The van der Waals surface area contributed by atoms with Crippen molar-refractivity contribution in [3.8, 4) is 0 Å². The fourth-order valence-electron chi connectivity index (χ4n) is 0. The van der Waals surface area contributed by atoms with Gasteiger partial charge >= 0.3 is 0 Å². The van der Waals surface area contributed by atoms with Gasteiger partial charge in [-0.3, -0.25) is 0 Å². The Bertz CT molecular complexity index is 39.5. The molecule has 0 heterocycles. The van der Waals surface area contributed by atoms with Crippen LogP contribution in [-0.4, -0.2) is 22.7 Å². The van der Waals surface area contributed by atoms with E-state index in [1.807, 2.05) is 0 Å². The zero-order chi connectivity index (χ0) is 3.41. The Morgan fingerprint density at radius 3 is 1.56 bits per heavy atom. The zero-order valence-corrected chi connectivity index (χ0v) is 7.71. The van der Waals surface area contributed by atoms with Crippen LogP contribution in [0.5, 0.6) is 0 Å². The van der Waals surface area contributed by atoms with Crippen LogP contribution in [0.15, 0.2) is 12.7 Å². The van der Waals surface area contributed by atoms with Crippen molar-refractivity contribution in [1.82, 2.24) is 0 Å². The Labute approximate surface area is 86.2 Å². The van der Waals surface area contributed by atoms with E-state index in [0.717, 1.165) is 6.08 Å². The molecule has 0 aromatic heterocycles. The minimum Gasteiger partial charge on any atom is -0.419 e. The van der Waals surface area contributed by atoms with Crippen molar-refractivity contribution in [2.45, 2.75) is 7.43 Å². The third-order valence-corrected chi connectivity index (χ3v) is 0.0833. The second kappa shape index (κ2) is 67.8. The van der Waals surface area contributed by atoms with Gasteiger partial charge in [0.25, 0.3) is 0 Å². The third kappa shape index (κ3) is 124. The summed E-state index contributed by atoms with van der Waals surface area (Å²) in [5.41, 5.74) is 0. The summed E-state index contributed by atoms with van der Waals surface area (Å²) >= 11 is 0. The predicted molar refractivity (Wildman–Crippen MR) is 32.0 cm³/mol. The van der Waals surface area contributed by atoms with Crippen LogP contribution < -0.4 is 0 Å². The monoisotopic (exact) mass is 221 g/mol. The molecule has 0 aromatic rings. The number of allylic oxidation sites excluding steroid dienone is 1. The maximum Gasteiger partial charge on any atom is 0 e. The van der Waals surface area contributed by atoms with Crippen molar-refractivity contribution in [2.24, 2.45) is 0 Å². The minimum absolute atomic E-state index is 0. The van der Waals surface area contributed by atoms with E-state index >= 15 is 0 Å². The van der Waals surface area contributed by atoms with E-state index in [9.17, 15) is 0 Å². The summed E-state index contributed by atoms with van der Waals surface area (Å²) in [6.07, 6.45) is 2.51. The molecule has 0 aliphatic heterocycles. The molecular weight excluding hydrogens is 212 g/mol. The zero-order valence-electron chi connectivity index (χ0n) is 4.05. The van der Waals surface area contributed by atoms with Gasteiger partial charge in [0.2, 0.25) is 0 Å². The van der Waals surface area contributed by atoms with E-state index < -0.39 is 0 Å². The quantitative estimate of drug-likeness (QED) is 0.341. The molecule has 5 heteroatoms. The summed E-state index contributed by atoms with van der Waals surface area (Å²) in [4.78, 5) is 8.93. The molecule has 0 unspecified atom stereocenters. The SMILES string of the molecule is C.C=C[C-]=O.O.[Fe].[Si].[Ti]. The second-order valence-corrected chi connectivity index (χ2v) is 0.322. The first kappa shape index (κ1) is 52.3. The number of hydrogen-bond acceptors (Lipinski definition) is 1. The van der Waals surface area contributed by atoms with E-state index in [4.69, 9.17) is 4.79 Å². The van der Waals surface area contributed by atoms with Gasteiger partial charge in [0.1, 0.15) is 0 Å². The minimum atomic E-state index is 0. The average molecular weight is 221 g/mol. The third-order valence-electron chi connectivity index (χ3n) is 0.0833. The van der Waals surface area contributed by atoms with Gasteiger partial charge in [-0.1, -0.05) is 7.43 Å².